The van der Waals surface area contributed by atoms with E-state index in [1.807, 2.05) is 54.9 Å². The fourth-order valence-electron chi connectivity index (χ4n) is 2.80. The fourth-order valence-corrected chi connectivity index (χ4v) is 5.42. The molecular weight excluding hydrogens is 395 g/mol. The van der Waals surface area contributed by atoms with E-state index in [1.165, 1.54) is 22.7 Å². The van der Waals surface area contributed by atoms with Gasteiger partial charge in [-0.3, -0.25) is 4.79 Å². The summed E-state index contributed by atoms with van der Waals surface area (Å²) in [5.74, 6) is -0.322. The molecule has 0 aliphatic carbocycles. The van der Waals surface area contributed by atoms with Crippen molar-refractivity contribution in [1.82, 2.24) is 4.57 Å². The molecule has 1 amide bonds. The zero-order valence-electron chi connectivity index (χ0n) is 13.3. The minimum atomic E-state index is -0.322. The molecule has 0 atom stereocenters. The Bertz CT molecular complexity index is 1220. The van der Waals surface area contributed by atoms with Gasteiger partial charge in [-0.1, -0.05) is 52.7 Å². The molecule has 2 aromatic heterocycles. The van der Waals surface area contributed by atoms with Crippen molar-refractivity contribution in [3.63, 3.8) is 0 Å². The molecule has 126 valence electrons. The second-order valence-electron chi connectivity index (χ2n) is 5.62. The number of halogens is 2. The predicted molar refractivity (Wildman–Crippen MR) is 107 cm³/mol. The lowest BCUT2D eigenvalue weighted by molar-refractivity contribution is 0.100. The van der Waals surface area contributed by atoms with Crippen molar-refractivity contribution in [2.45, 2.75) is 6.92 Å². The number of thiazole rings is 1. The first-order valence-electron chi connectivity index (χ1n) is 7.48. The van der Waals surface area contributed by atoms with Gasteiger partial charge in [-0.05, 0) is 30.7 Å². The van der Waals surface area contributed by atoms with Gasteiger partial charge in [-0.25, -0.2) is 0 Å². The quantitative estimate of drug-likeness (QED) is 0.392. The summed E-state index contributed by atoms with van der Waals surface area (Å²) in [5.41, 5.74) is 1.97. The van der Waals surface area contributed by atoms with E-state index in [0.717, 1.165) is 25.9 Å². The molecular formula is C18H12Cl2N2OS2. The van der Waals surface area contributed by atoms with Gasteiger partial charge in [-0.2, -0.15) is 4.99 Å². The second kappa shape index (κ2) is 6.25. The number of hydrogen-bond donors (Lipinski definition) is 0. The summed E-state index contributed by atoms with van der Waals surface area (Å²) in [6, 6.07) is 11.5. The maximum Gasteiger partial charge on any atom is 0.291 e. The number of nitrogens with zero attached hydrogens (tertiary/aromatic N) is 2. The molecule has 0 bridgehead atoms. The molecule has 4 rings (SSSR count). The van der Waals surface area contributed by atoms with Gasteiger partial charge < -0.3 is 4.57 Å². The summed E-state index contributed by atoms with van der Waals surface area (Å²) < 4.78 is 3.92. The highest BCUT2D eigenvalue weighted by Gasteiger charge is 2.17. The highest BCUT2D eigenvalue weighted by Crippen LogP contribution is 2.35. The van der Waals surface area contributed by atoms with Crippen LogP contribution in [0.1, 0.15) is 15.2 Å². The van der Waals surface area contributed by atoms with Gasteiger partial charge in [0.2, 0.25) is 0 Å². The molecule has 0 unspecified atom stereocenters. The highest BCUT2D eigenvalue weighted by atomic mass is 35.5. The van der Waals surface area contributed by atoms with Gasteiger partial charge in [0.25, 0.3) is 5.91 Å². The third-order valence-corrected chi connectivity index (χ3v) is 7.25. The molecule has 2 aromatic carbocycles. The minimum absolute atomic E-state index is 0.322. The summed E-state index contributed by atoms with van der Waals surface area (Å²) in [6.45, 7) is 1.96. The predicted octanol–water partition coefficient (Wildman–Crippen LogP) is 5.81. The van der Waals surface area contributed by atoms with E-state index in [-0.39, 0.29) is 5.91 Å². The first kappa shape index (κ1) is 16.8. The van der Waals surface area contributed by atoms with Crippen molar-refractivity contribution in [3.8, 4) is 0 Å². The highest BCUT2D eigenvalue weighted by molar-refractivity contribution is 7.21. The van der Waals surface area contributed by atoms with Crippen LogP contribution in [0.15, 0.2) is 41.4 Å². The van der Waals surface area contributed by atoms with E-state index < -0.39 is 0 Å². The number of hydrogen-bond acceptors (Lipinski definition) is 3. The van der Waals surface area contributed by atoms with Crippen LogP contribution in [0.5, 0.6) is 0 Å². The van der Waals surface area contributed by atoms with Crippen molar-refractivity contribution in [2.75, 3.05) is 0 Å². The number of aromatic nitrogens is 1. The number of carbonyl (C=O) groups is 1. The maximum absolute atomic E-state index is 12.7. The van der Waals surface area contributed by atoms with E-state index in [2.05, 4.69) is 4.99 Å². The van der Waals surface area contributed by atoms with Crippen LogP contribution in [0.3, 0.4) is 0 Å². The Hall–Kier alpha value is -1.66. The van der Waals surface area contributed by atoms with Gasteiger partial charge >= 0.3 is 0 Å². The molecule has 25 heavy (non-hydrogen) atoms. The number of benzene rings is 2. The fraction of sp³-hybridized carbons (Fsp3) is 0.111. The largest absolute Gasteiger partial charge is 0.319 e. The summed E-state index contributed by atoms with van der Waals surface area (Å²) in [5, 5.41) is 2.06. The molecule has 4 aromatic rings. The third-order valence-electron chi connectivity index (χ3n) is 4.08. The lowest BCUT2D eigenvalue weighted by atomic mass is 10.2. The Morgan fingerprint density at radius 2 is 1.84 bits per heavy atom. The molecule has 0 saturated carbocycles. The Balaban J connectivity index is 1.89. The molecule has 0 spiro atoms. The average Bonchev–Trinajstić information content (AvgIpc) is 3.10. The summed E-state index contributed by atoms with van der Waals surface area (Å²) in [4.78, 5) is 18.1. The van der Waals surface area contributed by atoms with Crippen LogP contribution in [0, 0.1) is 6.92 Å². The molecule has 0 radical (unpaired) electrons. The van der Waals surface area contributed by atoms with Gasteiger partial charge in [0, 0.05) is 22.2 Å². The lowest BCUT2D eigenvalue weighted by Crippen LogP contribution is -2.13. The molecule has 0 N–H and O–H groups in total. The minimum Gasteiger partial charge on any atom is -0.319 e. The van der Waals surface area contributed by atoms with E-state index in [1.54, 1.807) is 0 Å². The van der Waals surface area contributed by atoms with Crippen LogP contribution in [0.4, 0.5) is 0 Å². The Labute approximate surface area is 161 Å². The number of amides is 1. The summed E-state index contributed by atoms with van der Waals surface area (Å²) >= 11 is 15.4. The summed E-state index contributed by atoms with van der Waals surface area (Å²) in [7, 11) is 1.89. The molecule has 0 aliphatic rings. The maximum atomic E-state index is 12.7. The SMILES string of the molecule is Cc1c(Cl)ccc2sc(=NC(=O)c3sc4ccccc4c3Cl)n(C)c12. The summed E-state index contributed by atoms with van der Waals surface area (Å²) in [6.07, 6.45) is 0. The molecule has 7 heteroatoms. The Kier molecular flexibility index (Phi) is 4.20. The Morgan fingerprint density at radius 1 is 1.08 bits per heavy atom. The van der Waals surface area contributed by atoms with Gasteiger partial charge in [-0.15, -0.1) is 11.3 Å². The van der Waals surface area contributed by atoms with E-state index in [4.69, 9.17) is 23.2 Å². The van der Waals surface area contributed by atoms with Gasteiger partial charge in [0.1, 0.15) is 4.88 Å². The number of fused-ring (bicyclic) bond motifs is 2. The number of thiophene rings is 1. The normalized spacial score (nSPS) is 12.4. The van der Waals surface area contributed by atoms with Crippen molar-refractivity contribution >= 4 is 72.1 Å². The van der Waals surface area contributed by atoms with Crippen LogP contribution >= 0.6 is 45.9 Å². The smallest absolute Gasteiger partial charge is 0.291 e. The Morgan fingerprint density at radius 3 is 2.60 bits per heavy atom. The van der Waals surface area contributed by atoms with Crippen LogP contribution in [0.2, 0.25) is 10.0 Å². The third kappa shape index (κ3) is 2.72. The van der Waals surface area contributed by atoms with E-state index in [9.17, 15) is 4.79 Å². The van der Waals surface area contributed by atoms with Crippen LogP contribution in [0.25, 0.3) is 20.3 Å². The van der Waals surface area contributed by atoms with E-state index >= 15 is 0 Å². The van der Waals surface area contributed by atoms with Crippen LogP contribution in [-0.2, 0) is 7.05 Å². The van der Waals surface area contributed by atoms with Crippen LogP contribution in [-0.4, -0.2) is 10.5 Å². The van der Waals surface area contributed by atoms with Gasteiger partial charge in [0.15, 0.2) is 4.80 Å². The number of carbonyl (C=O) groups excluding carboxylic acids is 1. The zero-order chi connectivity index (χ0) is 17.7. The lowest BCUT2D eigenvalue weighted by Gasteiger charge is -2.01. The number of aryl methyl sites for hydroxylation is 2. The van der Waals surface area contributed by atoms with Crippen molar-refractivity contribution < 1.29 is 4.79 Å². The zero-order valence-corrected chi connectivity index (χ0v) is 16.5. The van der Waals surface area contributed by atoms with Gasteiger partial charge in [0.05, 0.1) is 15.2 Å². The topological polar surface area (TPSA) is 34.4 Å². The molecule has 3 nitrogen and oxygen atoms in total. The standard InChI is InChI=1S/C18H12Cl2N2OS2/c1-9-11(19)7-8-13-15(9)22(2)18(25-13)21-17(23)16-14(20)10-5-3-4-6-12(10)24-16/h3-8H,1-2H3. The van der Waals surface area contributed by atoms with Crippen molar-refractivity contribution in [3.05, 3.63) is 61.7 Å². The molecule has 2 heterocycles. The number of rotatable bonds is 1. The molecule has 0 aliphatic heterocycles. The van der Waals surface area contributed by atoms with Crippen LogP contribution < -0.4 is 4.80 Å². The first-order valence-corrected chi connectivity index (χ1v) is 9.87. The second-order valence-corrected chi connectivity index (χ2v) is 8.47. The monoisotopic (exact) mass is 406 g/mol. The van der Waals surface area contributed by atoms with E-state index in [0.29, 0.717) is 19.7 Å². The van der Waals surface area contributed by atoms with Crippen molar-refractivity contribution in [1.29, 1.82) is 0 Å². The molecule has 0 saturated heterocycles. The van der Waals surface area contributed by atoms with Crippen molar-refractivity contribution in [2.24, 2.45) is 12.0 Å². The average molecular weight is 407 g/mol. The first-order chi connectivity index (χ1) is 12.0. The molecule has 0 fully saturated rings.